The zero-order valence-electron chi connectivity index (χ0n) is 11.2. The van der Waals surface area contributed by atoms with Crippen LogP contribution < -0.4 is 5.32 Å². The van der Waals surface area contributed by atoms with E-state index < -0.39 is 0 Å². The summed E-state index contributed by atoms with van der Waals surface area (Å²) in [5.41, 5.74) is 1.38. The second-order valence-electron chi connectivity index (χ2n) is 5.35. The lowest BCUT2D eigenvalue weighted by atomic mass is 9.89. The average molecular weight is 235 g/mol. The van der Waals surface area contributed by atoms with Gasteiger partial charge < -0.3 is 5.32 Å². The molecule has 1 aromatic heterocycles. The first-order valence-electron chi connectivity index (χ1n) is 6.94. The number of aromatic nitrogens is 2. The summed E-state index contributed by atoms with van der Waals surface area (Å²) in [6.45, 7) is 0. The molecule has 1 aliphatic rings. The Balaban J connectivity index is 1.87. The lowest BCUT2D eigenvalue weighted by molar-refractivity contribution is 0.332. The normalized spacial score (nSPS) is 25.8. The molecule has 0 aliphatic heterocycles. The van der Waals surface area contributed by atoms with E-state index in [0.717, 1.165) is 12.0 Å². The van der Waals surface area contributed by atoms with Crippen LogP contribution in [0, 0.1) is 5.92 Å². The molecule has 1 saturated carbocycles. The smallest absolute Gasteiger partial charge is 0.0521 e. The maximum Gasteiger partial charge on any atom is 0.0521 e. The molecule has 0 radical (unpaired) electrons. The van der Waals surface area contributed by atoms with Crippen LogP contribution in [0.5, 0.6) is 0 Å². The van der Waals surface area contributed by atoms with Crippen LogP contribution in [0.4, 0.5) is 0 Å². The Hall–Kier alpha value is -0.830. The Labute approximate surface area is 105 Å². The molecule has 1 aliphatic carbocycles. The maximum absolute atomic E-state index is 4.24. The average Bonchev–Trinajstić information content (AvgIpc) is 2.63. The van der Waals surface area contributed by atoms with E-state index >= 15 is 0 Å². The van der Waals surface area contributed by atoms with Crippen molar-refractivity contribution in [2.75, 3.05) is 7.05 Å². The number of aryl methyl sites for hydroxylation is 2. The Morgan fingerprint density at radius 2 is 2.18 bits per heavy atom. The van der Waals surface area contributed by atoms with Gasteiger partial charge in [0.25, 0.3) is 0 Å². The monoisotopic (exact) mass is 235 g/mol. The van der Waals surface area contributed by atoms with Crippen LogP contribution in [-0.4, -0.2) is 22.9 Å². The summed E-state index contributed by atoms with van der Waals surface area (Å²) in [7, 11) is 4.11. The highest BCUT2D eigenvalue weighted by molar-refractivity contribution is 5.04. The zero-order valence-corrected chi connectivity index (χ0v) is 11.2. The minimum absolute atomic E-state index is 0.731. The Kier molecular flexibility index (Phi) is 4.60. The van der Waals surface area contributed by atoms with Crippen LogP contribution in [0.15, 0.2) is 12.4 Å². The molecule has 1 heterocycles. The van der Waals surface area contributed by atoms with Gasteiger partial charge in [-0.25, -0.2) is 0 Å². The standard InChI is InChI=1S/C14H25N3/c1-15-14-7-5-3-4-6-13(14)9-8-12-10-16-17(2)11-12/h10-11,13-15H,3-9H2,1-2H3. The quantitative estimate of drug-likeness (QED) is 0.813. The van der Waals surface area contributed by atoms with Crippen molar-refractivity contribution in [2.24, 2.45) is 13.0 Å². The van der Waals surface area contributed by atoms with Gasteiger partial charge in [0.2, 0.25) is 0 Å². The molecule has 0 bridgehead atoms. The summed E-state index contributed by atoms with van der Waals surface area (Å²) in [6, 6.07) is 0.731. The van der Waals surface area contributed by atoms with Gasteiger partial charge in [0.1, 0.15) is 0 Å². The molecule has 0 spiro atoms. The molecule has 1 fully saturated rings. The third kappa shape index (κ3) is 3.56. The second-order valence-corrected chi connectivity index (χ2v) is 5.35. The highest BCUT2D eigenvalue weighted by Crippen LogP contribution is 2.27. The molecule has 96 valence electrons. The van der Waals surface area contributed by atoms with E-state index in [1.807, 2.05) is 17.9 Å². The fraction of sp³-hybridized carbons (Fsp3) is 0.786. The maximum atomic E-state index is 4.24. The molecule has 3 nitrogen and oxygen atoms in total. The third-order valence-electron chi connectivity index (χ3n) is 4.09. The first-order valence-corrected chi connectivity index (χ1v) is 6.94. The SMILES string of the molecule is CNC1CCCCCC1CCc1cnn(C)c1. The minimum Gasteiger partial charge on any atom is -0.317 e. The van der Waals surface area contributed by atoms with Gasteiger partial charge in [-0.2, -0.15) is 5.10 Å². The number of hydrogen-bond donors (Lipinski definition) is 1. The second kappa shape index (κ2) is 6.20. The van der Waals surface area contributed by atoms with Gasteiger partial charge in [-0.15, -0.1) is 0 Å². The predicted octanol–water partition coefficient (Wildman–Crippen LogP) is 2.52. The van der Waals surface area contributed by atoms with Crippen LogP contribution in [0.3, 0.4) is 0 Å². The van der Waals surface area contributed by atoms with Gasteiger partial charge in [-0.05, 0) is 44.2 Å². The molecule has 1 aromatic rings. The van der Waals surface area contributed by atoms with E-state index in [1.165, 1.54) is 50.5 Å². The summed E-state index contributed by atoms with van der Waals surface area (Å²) in [6.07, 6.45) is 13.6. The number of nitrogens with zero attached hydrogens (tertiary/aromatic N) is 2. The van der Waals surface area contributed by atoms with Gasteiger partial charge in [0.05, 0.1) is 6.20 Å². The largest absolute Gasteiger partial charge is 0.317 e. The van der Waals surface area contributed by atoms with Crippen molar-refractivity contribution in [3.05, 3.63) is 18.0 Å². The fourth-order valence-electron chi connectivity index (χ4n) is 3.06. The van der Waals surface area contributed by atoms with Gasteiger partial charge in [0, 0.05) is 19.3 Å². The Morgan fingerprint density at radius 3 is 2.88 bits per heavy atom. The first-order chi connectivity index (χ1) is 8.29. The predicted molar refractivity (Wildman–Crippen MR) is 71.0 cm³/mol. The van der Waals surface area contributed by atoms with Crippen molar-refractivity contribution in [1.82, 2.24) is 15.1 Å². The van der Waals surface area contributed by atoms with Crippen molar-refractivity contribution < 1.29 is 0 Å². The molecule has 2 atom stereocenters. The van der Waals surface area contributed by atoms with Gasteiger partial charge in [0.15, 0.2) is 0 Å². The molecule has 3 heteroatoms. The highest BCUT2D eigenvalue weighted by Gasteiger charge is 2.21. The number of nitrogens with one attached hydrogen (secondary N) is 1. The van der Waals surface area contributed by atoms with Crippen LogP contribution in [0.25, 0.3) is 0 Å². The molecular formula is C14H25N3. The highest BCUT2D eigenvalue weighted by atomic mass is 15.2. The summed E-state index contributed by atoms with van der Waals surface area (Å²) in [4.78, 5) is 0. The molecule has 17 heavy (non-hydrogen) atoms. The zero-order chi connectivity index (χ0) is 12.1. The van der Waals surface area contributed by atoms with Crippen molar-refractivity contribution in [3.63, 3.8) is 0 Å². The Morgan fingerprint density at radius 1 is 1.35 bits per heavy atom. The van der Waals surface area contributed by atoms with Gasteiger partial charge >= 0.3 is 0 Å². The first kappa shape index (κ1) is 12.6. The lowest BCUT2D eigenvalue weighted by Crippen LogP contribution is -2.32. The van der Waals surface area contributed by atoms with Gasteiger partial charge in [-0.1, -0.05) is 19.3 Å². The number of hydrogen-bond acceptors (Lipinski definition) is 2. The van der Waals surface area contributed by atoms with Crippen LogP contribution in [0.1, 0.15) is 44.1 Å². The van der Waals surface area contributed by atoms with Crippen molar-refractivity contribution >= 4 is 0 Å². The lowest BCUT2D eigenvalue weighted by Gasteiger charge is -2.24. The van der Waals surface area contributed by atoms with E-state index in [4.69, 9.17) is 0 Å². The summed E-state index contributed by atoms with van der Waals surface area (Å²) in [5.74, 6) is 0.850. The molecule has 2 rings (SSSR count). The third-order valence-corrected chi connectivity index (χ3v) is 4.09. The summed E-state index contributed by atoms with van der Waals surface area (Å²) in [5, 5.41) is 7.75. The van der Waals surface area contributed by atoms with Crippen LogP contribution >= 0.6 is 0 Å². The molecule has 0 aromatic carbocycles. The fourth-order valence-corrected chi connectivity index (χ4v) is 3.06. The van der Waals surface area contributed by atoms with E-state index in [2.05, 4.69) is 23.7 Å². The van der Waals surface area contributed by atoms with E-state index in [-0.39, 0.29) is 0 Å². The molecule has 2 unspecified atom stereocenters. The number of rotatable bonds is 4. The van der Waals surface area contributed by atoms with Crippen molar-refractivity contribution in [3.8, 4) is 0 Å². The minimum atomic E-state index is 0.731. The molecular weight excluding hydrogens is 210 g/mol. The molecule has 1 N–H and O–H groups in total. The van der Waals surface area contributed by atoms with E-state index in [0.29, 0.717) is 0 Å². The van der Waals surface area contributed by atoms with Crippen molar-refractivity contribution in [2.45, 2.75) is 51.0 Å². The van der Waals surface area contributed by atoms with Crippen LogP contribution in [-0.2, 0) is 13.5 Å². The van der Waals surface area contributed by atoms with E-state index in [1.54, 1.807) is 0 Å². The van der Waals surface area contributed by atoms with Crippen molar-refractivity contribution in [1.29, 1.82) is 0 Å². The summed E-state index contributed by atoms with van der Waals surface area (Å²) >= 11 is 0. The Bertz CT molecular complexity index is 332. The molecule has 0 saturated heterocycles. The topological polar surface area (TPSA) is 29.9 Å². The van der Waals surface area contributed by atoms with E-state index in [9.17, 15) is 0 Å². The molecule has 0 amide bonds. The summed E-state index contributed by atoms with van der Waals surface area (Å²) < 4.78 is 1.90. The van der Waals surface area contributed by atoms with Gasteiger partial charge in [-0.3, -0.25) is 4.68 Å². The van der Waals surface area contributed by atoms with Crippen LogP contribution in [0.2, 0.25) is 0 Å².